The molecule has 19 heavy (non-hydrogen) atoms. The van der Waals surface area contributed by atoms with Crippen molar-refractivity contribution in [2.24, 2.45) is 0 Å². The zero-order chi connectivity index (χ0) is 14.2. The van der Waals surface area contributed by atoms with Crippen molar-refractivity contribution < 1.29 is 23.1 Å². The van der Waals surface area contributed by atoms with E-state index < -0.39 is 23.4 Å². The number of carboxylic acid groups (broad SMARTS) is 1. The number of carbonyl (C=O) groups is 1. The maximum Gasteiger partial charge on any atom is 0.336 e. The smallest absolute Gasteiger partial charge is 0.336 e. The maximum absolute atomic E-state index is 13.7. The molecule has 0 saturated heterocycles. The Labute approximate surface area is 107 Å². The van der Waals surface area contributed by atoms with Crippen LogP contribution in [0.1, 0.15) is 15.9 Å². The molecule has 2 aromatic rings. The number of halogens is 3. The maximum atomic E-state index is 13.7. The lowest BCUT2D eigenvalue weighted by molar-refractivity contribution is 0.0697. The Morgan fingerprint density at radius 2 is 1.74 bits per heavy atom. The molecule has 0 amide bonds. The first kappa shape index (κ1) is 13.1. The summed E-state index contributed by atoms with van der Waals surface area (Å²) < 4.78 is 40.4. The van der Waals surface area contributed by atoms with E-state index in [0.717, 1.165) is 18.2 Å². The molecule has 0 fully saturated rings. The van der Waals surface area contributed by atoms with Crippen LogP contribution in [-0.2, 0) is 0 Å². The van der Waals surface area contributed by atoms with Crippen LogP contribution in [0, 0.1) is 24.4 Å². The highest BCUT2D eigenvalue weighted by atomic mass is 19.2. The molecular weight excluding hydrogens is 257 g/mol. The third kappa shape index (κ3) is 2.31. The van der Waals surface area contributed by atoms with E-state index in [0.29, 0.717) is 0 Å². The second kappa shape index (κ2) is 4.76. The molecule has 0 unspecified atom stereocenters. The Hall–Kier alpha value is -2.30. The molecular formula is C14H9F3O2. The van der Waals surface area contributed by atoms with E-state index >= 15 is 0 Å². The van der Waals surface area contributed by atoms with Gasteiger partial charge >= 0.3 is 5.97 Å². The van der Waals surface area contributed by atoms with E-state index in [2.05, 4.69) is 0 Å². The molecule has 0 aliphatic carbocycles. The van der Waals surface area contributed by atoms with Gasteiger partial charge in [-0.3, -0.25) is 0 Å². The van der Waals surface area contributed by atoms with E-state index in [9.17, 15) is 18.0 Å². The van der Waals surface area contributed by atoms with Crippen LogP contribution in [0.3, 0.4) is 0 Å². The molecule has 0 radical (unpaired) electrons. The van der Waals surface area contributed by atoms with Crippen molar-refractivity contribution in [3.63, 3.8) is 0 Å². The van der Waals surface area contributed by atoms with E-state index in [1.165, 1.54) is 19.1 Å². The largest absolute Gasteiger partial charge is 0.478 e. The Kier molecular flexibility index (Phi) is 3.29. The third-order valence-electron chi connectivity index (χ3n) is 2.77. The molecule has 2 aromatic carbocycles. The van der Waals surface area contributed by atoms with Crippen LogP contribution >= 0.6 is 0 Å². The van der Waals surface area contributed by atoms with Crippen molar-refractivity contribution in [2.75, 3.05) is 0 Å². The molecule has 0 bridgehead atoms. The fraction of sp³-hybridized carbons (Fsp3) is 0.0714. The fourth-order valence-electron chi connectivity index (χ4n) is 1.79. The zero-order valence-electron chi connectivity index (χ0n) is 9.88. The molecule has 1 N–H and O–H groups in total. The summed E-state index contributed by atoms with van der Waals surface area (Å²) in [6.45, 7) is 1.40. The molecule has 5 heteroatoms. The van der Waals surface area contributed by atoms with Crippen LogP contribution in [0.4, 0.5) is 13.2 Å². The monoisotopic (exact) mass is 266 g/mol. The average molecular weight is 266 g/mol. The number of aryl methyl sites for hydroxylation is 1. The molecule has 0 heterocycles. The van der Waals surface area contributed by atoms with Crippen LogP contribution in [0.15, 0.2) is 30.3 Å². The van der Waals surface area contributed by atoms with Gasteiger partial charge in [-0.2, -0.15) is 0 Å². The zero-order valence-corrected chi connectivity index (χ0v) is 9.88. The minimum Gasteiger partial charge on any atom is -0.478 e. The normalized spacial score (nSPS) is 10.5. The fourth-order valence-corrected chi connectivity index (χ4v) is 1.79. The van der Waals surface area contributed by atoms with E-state index in [4.69, 9.17) is 5.11 Å². The lowest BCUT2D eigenvalue weighted by atomic mass is 9.97. The van der Waals surface area contributed by atoms with Gasteiger partial charge in [-0.15, -0.1) is 0 Å². The highest BCUT2D eigenvalue weighted by molar-refractivity contribution is 5.96. The molecule has 0 aliphatic rings. The summed E-state index contributed by atoms with van der Waals surface area (Å²) in [4.78, 5) is 11.1. The van der Waals surface area contributed by atoms with E-state index in [1.807, 2.05) is 0 Å². The molecule has 2 nitrogen and oxygen atoms in total. The SMILES string of the molecule is Cc1cc(C(=O)O)c(-c2cccc(F)c2F)cc1F. The predicted molar refractivity (Wildman–Crippen MR) is 63.4 cm³/mol. The van der Waals surface area contributed by atoms with Gasteiger partial charge in [-0.05, 0) is 30.7 Å². The van der Waals surface area contributed by atoms with E-state index in [-0.39, 0.29) is 22.3 Å². The first-order valence-electron chi connectivity index (χ1n) is 5.39. The van der Waals surface area contributed by atoms with Gasteiger partial charge in [-0.1, -0.05) is 12.1 Å². The molecule has 0 atom stereocenters. The molecule has 0 saturated carbocycles. The van der Waals surface area contributed by atoms with Crippen LogP contribution in [0.25, 0.3) is 11.1 Å². The topological polar surface area (TPSA) is 37.3 Å². The Morgan fingerprint density at radius 3 is 2.37 bits per heavy atom. The van der Waals surface area contributed by atoms with Gasteiger partial charge in [0.05, 0.1) is 5.56 Å². The van der Waals surface area contributed by atoms with Crippen molar-refractivity contribution in [1.82, 2.24) is 0 Å². The summed E-state index contributed by atoms with van der Waals surface area (Å²) in [5, 5.41) is 9.06. The number of aromatic carboxylic acids is 1. The minimum absolute atomic E-state index is 0.123. The molecule has 98 valence electrons. The van der Waals surface area contributed by atoms with Crippen molar-refractivity contribution in [2.45, 2.75) is 6.92 Å². The second-order valence-corrected chi connectivity index (χ2v) is 4.05. The highest BCUT2D eigenvalue weighted by Gasteiger charge is 2.18. The van der Waals surface area contributed by atoms with Crippen molar-refractivity contribution in [3.8, 4) is 11.1 Å². The standard InChI is InChI=1S/C14H9F3O2/c1-7-5-10(14(18)19)9(6-12(7)16)8-3-2-4-11(15)13(8)17/h2-6H,1H3,(H,18,19). The van der Waals surface area contributed by atoms with Gasteiger partial charge in [0.25, 0.3) is 0 Å². The Morgan fingerprint density at radius 1 is 1.05 bits per heavy atom. The summed E-state index contributed by atoms with van der Waals surface area (Å²) in [6.07, 6.45) is 0. The quantitative estimate of drug-likeness (QED) is 0.898. The number of benzene rings is 2. The summed E-state index contributed by atoms with van der Waals surface area (Å²) in [5.41, 5.74) is -0.620. The number of rotatable bonds is 2. The minimum atomic E-state index is -1.33. The van der Waals surface area contributed by atoms with Crippen molar-refractivity contribution >= 4 is 5.97 Å². The van der Waals surface area contributed by atoms with Crippen molar-refractivity contribution in [1.29, 1.82) is 0 Å². The molecule has 0 spiro atoms. The number of carboxylic acids is 1. The summed E-state index contributed by atoms with van der Waals surface area (Å²) in [6, 6.07) is 5.34. The highest BCUT2D eigenvalue weighted by Crippen LogP contribution is 2.29. The van der Waals surface area contributed by atoms with Gasteiger partial charge < -0.3 is 5.11 Å². The second-order valence-electron chi connectivity index (χ2n) is 4.05. The van der Waals surface area contributed by atoms with Crippen molar-refractivity contribution in [3.05, 3.63) is 58.9 Å². The van der Waals surface area contributed by atoms with Gasteiger partial charge in [0.15, 0.2) is 11.6 Å². The van der Waals surface area contributed by atoms with Crippen LogP contribution < -0.4 is 0 Å². The average Bonchev–Trinajstić information content (AvgIpc) is 2.35. The lowest BCUT2D eigenvalue weighted by Crippen LogP contribution is -2.03. The van der Waals surface area contributed by atoms with Gasteiger partial charge in [-0.25, -0.2) is 18.0 Å². The van der Waals surface area contributed by atoms with Gasteiger partial charge in [0.1, 0.15) is 5.82 Å². The summed E-state index contributed by atoms with van der Waals surface area (Å²) >= 11 is 0. The van der Waals surface area contributed by atoms with E-state index in [1.54, 1.807) is 0 Å². The predicted octanol–water partition coefficient (Wildman–Crippen LogP) is 3.78. The molecule has 2 rings (SSSR count). The molecule has 0 aromatic heterocycles. The van der Waals surface area contributed by atoms with Crippen LogP contribution in [-0.4, -0.2) is 11.1 Å². The summed E-state index contributed by atoms with van der Waals surface area (Å²) in [7, 11) is 0. The summed E-state index contributed by atoms with van der Waals surface area (Å²) in [5.74, 6) is -4.33. The van der Waals surface area contributed by atoms with Crippen LogP contribution in [0.5, 0.6) is 0 Å². The number of hydrogen-bond acceptors (Lipinski definition) is 1. The van der Waals surface area contributed by atoms with Gasteiger partial charge in [0, 0.05) is 11.1 Å². The first-order valence-corrected chi connectivity index (χ1v) is 5.39. The number of hydrogen-bond donors (Lipinski definition) is 1. The van der Waals surface area contributed by atoms with Crippen LogP contribution in [0.2, 0.25) is 0 Å². The Balaban J connectivity index is 2.77. The first-order chi connectivity index (χ1) is 8.91. The molecule has 0 aliphatic heterocycles. The van der Waals surface area contributed by atoms with Gasteiger partial charge in [0.2, 0.25) is 0 Å². The Bertz CT molecular complexity index is 666. The lowest BCUT2D eigenvalue weighted by Gasteiger charge is -2.10. The third-order valence-corrected chi connectivity index (χ3v) is 2.77.